The lowest BCUT2D eigenvalue weighted by Crippen LogP contribution is -2.42. The Morgan fingerprint density at radius 1 is 1.39 bits per heavy atom. The van der Waals surface area contributed by atoms with Crippen molar-refractivity contribution in [3.63, 3.8) is 0 Å². The van der Waals surface area contributed by atoms with Crippen molar-refractivity contribution in [2.45, 2.75) is 32.4 Å². The number of rotatable bonds is 5. The molecule has 6 nitrogen and oxygen atoms in total. The zero-order valence-corrected chi connectivity index (χ0v) is 13.4. The summed E-state index contributed by atoms with van der Waals surface area (Å²) >= 11 is 0. The van der Waals surface area contributed by atoms with E-state index in [4.69, 9.17) is 0 Å². The van der Waals surface area contributed by atoms with Gasteiger partial charge in [-0.1, -0.05) is 25.1 Å². The molecule has 1 aromatic carbocycles. The lowest BCUT2D eigenvalue weighted by atomic mass is 10.2. The molecule has 0 unspecified atom stereocenters. The summed E-state index contributed by atoms with van der Waals surface area (Å²) in [5, 5.41) is 8.40. The van der Waals surface area contributed by atoms with Crippen molar-refractivity contribution in [3.05, 3.63) is 40.8 Å². The van der Waals surface area contributed by atoms with Crippen molar-refractivity contribution in [1.29, 1.82) is 0 Å². The van der Waals surface area contributed by atoms with Crippen molar-refractivity contribution in [2.24, 2.45) is 0 Å². The number of benzene rings is 1. The molecule has 1 amide bonds. The van der Waals surface area contributed by atoms with Gasteiger partial charge in [0.2, 0.25) is 5.91 Å². The second-order valence-corrected chi connectivity index (χ2v) is 5.92. The molecule has 0 radical (unpaired) electrons. The normalized spacial score (nSPS) is 18.4. The number of aromatic nitrogens is 2. The molecule has 0 saturated carbocycles. The van der Waals surface area contributed by atoms with Crippen LogP contribution in [-0.2, 0) is 11.3 Å². The van der Waals surface area contributed by atoms with Crippen LogP contribution in [0.4, 0.5) is 0 Å². The standard InChI is InChI=1S/C17H22N4O2/c1-2-20-9-5-7-14(20)11-18-16(22)12-21-17(23)15-8-4-3-6-13(15)10-19-21/h3-4,6,8,10,14H,2,5,7,9,11-12H2,1H3,(H,18,22)/t14-/m1/s1. The quantitative estimate of drug-likeness (QED) is 0.894. The Kier molecular flexibility index (Phi) is 4.71. The summed E-state index contributed by atoms with van der Waals surface area (Å²) in [6.07, 6.45) is 3.92. The Morgan fingerprint density at radius 3 is 3.04 bits per heavy atom. The van der Waals surface area contributed by atoms with Gasteiger partial charge in [-0.15, -0.1) is 0 Å². The average molecular weight is 314 g/mol. The summed E-state index contributed by atoms with van der Waals surface area (Å²) in [6, 6.07) is 7.68. The molecule has 1 atom stereocenters. The number of nitrogens with zero attached hydrogens (tertiary/aromatic N) is 3. The minimum atomic E-state index is -0.227. The largest absolute Gasteiger partial charge is 0.353 e. The first-order chi connectivity index (χ1) is 11.2. The maximum absolute atomic E-state index is 12.3. The van der Waals surface area contributed by atoms with Crippen LogP contribution < -0.4 is 10.9 Å². The first-order valence-electron chi connectivity index (χ1n) is 8.14. The molecule has 0 spiro atoms. The van der Waals surface area contributed by atoms with Gasteiger partial charge in [-0.25, -0.2) is 4.68 Å². The van der Waals surface area contributed by atoms with E-state index < -0.39 is 0 Å². The van der Waals surface area contributed by atoms with E-state index in [1.165, 1.54) is 11.1 Å². The summed E-state index contributed by atoms with van der Waals surface area (Å²) in [5.74, 6) is -0.169. The molecule has 122 valence electrons. The van der Waals surface area contributed by atoms with Gasteiger partial charge in [-0.05, 0) is 32.0 Å². The topological polar surface area (TPSA) is 67.2 Å². The monoisotopic (exact) mass is 314 g/mol. The summed E-state index contributed by atoms with van der Waals surface area (Å²) < 4.78 is 1.23. The molecule has 1 N–H and O–H groups in total. The Labute approximate surface area is 135 Å². The van der Waals surface area contributed by atoms with E-state index in [2.05, 4.69) is 22.2 Å². The van der Waals surface area contributed by atoms with Crippen molar-refractivity contribution >= 4 is 16.7 Å². The van der Waals surface area contributed by atoms with Gasteiger partial charge in [-0.3, -0.25) is 14.5 Å². The number of hydrogen-bond donors (Lipinski definition) is 1. The van der Waals surface area contributed by atoms with Gasteiger partial charge >= 0.3 is 0 Å². The summed E-state index contributed by atoms with van der Waals surface area (Å²) in [7, 11) is 0. The predicted octanol–water partition coefficient (Wildman–Crippen LogP) is 0.997. The third kappa shape index (κ3) is 3.42. The molecule has 3 rings (SSSR count). The van der Waals surface area contributed by atoms with Crippen LogP contribution in [0.2, 0.25) is 0 Å². The lowest BCUT2D eigenvalue weighted by molar-refractivity contribution is -0.122. The number of amides is 1. The number of nitrogens with one attached hydrogen (secondary N) is 1. The minimum absolute atomic E-state index is 0.0392. The summed E-state index contributed by atoms with van der Waals surface area (Å²) in [4.78, 5) is 26.8. The number of likely N-dealkylation sites (tertiary alicyclic amines) is 1. The van der Waals surface area contributed by atoms with Gasteiger partial charge in [0, 0.05) is 18.0 Å². The van der Waals surface area contributed by atoms with Gasteiger partial charge < -0.3 is 5.32 Å². The Balaban J connectivity index is 1.64. The maximum atomic E-state index is 12.3. The Hall–Kier alpha value is -2.21. The molecule has 1 fully saturated rings. The highest BCUT2D eigenvalue weighted by Gasteiger charge is 2.23. The van der Waals surface area contributed by atoms with Crippen molar-refractivity contribution in [2.75, 3.05) is 19.6 Å². The number of likely N-dealkylation sites (N-methyl/N-ethyl adjacent to an activating group) is 1. The highest BCUT2D eigenvalue weighted by Crippen LogP contribution is 2.15. The maximum Gasteiger partial charge on any atom is 0.275 e. The minimum Gasteiger partial charge on any atom is -0.353 e. The van der Waals surface area contributed by atoms with E-state index in [9.17, 15) is 9.59 Å². The SMILES string of the molecule is CCN1CCC[C@@H]1CNC(=O)Cn1ncc2ccccc2c1=O. The van der Waals surface area contributed by atoms with Crippen LogP contribution in [0.3, 0.4) is 0 Å². The molecular weight excluding hydrogens is 292 g/mol. The van der Waals surface area contributed by atoms with E-state index in [-0.39, 0.29) is 18.0 Å². The van der Waals surface area contributed by atoms with Gasteiger partial charge in [0.25, 0.3) is 5.56 Å². The third-order valence-electron chi connectivity index (χ3n) is 4.50. The highest BCUT2D eigenvalue weighted by molar-refractivity contribution is 5.81. The second kappa shape index (κ2) is 6.91. The van der Waals surface area contributed by atoms with Crippen LogP contribution in [0, 0.1) is 0 Å². The van der Waals surface area contributed by atoms with Crippen LogP contribution in [0.15, 0.2) is 35.3 Å². The molecule has 23 heavy (non-hydrogen) atoms. The molecule has 1 aliphatic heterocycles. The zero-order chi connectivity index (χ0) is 16.2. The van der Waals surface area contributed by atoms with E-state index in [1.54, 1.807) is 12.3 Å². The smallest absolute Gasteiger partial charge is 0.275 e. The van der Waals surface area contributed by atoms with E-state index in [0.29, 0.717) is 18.0 Å². The zero-order valence-electron chi connectivity index (χ0n) is 13.4. The second-order valence-electron chi connectivity index (χ2n) is 5.92. The van der Waals surface area contributed by atoms with Crippen molar-refractivity contribution < 1.29 is 4.79 Å². The molecule has 1 aromatic heterocycles. The highest BCUT2D eigenvalue weighted by atomic mass is 16.2. The van der Waals surface area contributed by atoms with Crippen LogP contribution in [0.1, 0.15) is 19.8 Å². The summed E-state index contributed by atoms with van der Waals surface area (Å²) in [6.45, 7) is 4.84. The molecule has 2 aromatic rings. The molecule has 0 aliphatic carbocycles. The third-order valence-corrected chi connectivity index (χ3v) is 4.50. The van der Waals surface area contributed by atoms with Crippen molar-refractivity contribution in [1.82, 2.24) is 20.0 Å². The molecule has 1 aliphatic rings. The van der Waals surface area contributed by atoms with Crippen LogP contribution in [0.5, 0.6) is 0 Å². The van der Waals surface area contributed by atoms with Crippen LogP contribution in [-0.4, -0.2) is 46.3 Å². The summed E-state index contributed by atoms with van der Waals surface area (Å²) in [5.41, 5.74) is -0.227. The van der Waals surface area contributed by atoms with Crippen LogP contribution in [0.25, 0.3) is 10.8 Å². The van der Waals surface area contributed by atoms with Gasteiger partial charge in [-0.2, -0.15) is 5.10 Å². The van der Waals surface area contributed by atoms with E-state index >= 15 is 0 Å². The fourth-order valence-corrected chi connectivity index (χ4v) is 3.21. The lowest BCUT2D eigenvalue weighted by Gasteiger charge is -2.22. The molecular formula is C17H22N4O2. The van der Waals surface area contributed by atoms with Gasteiger partial charge in [0.15, 0.2) is 0 Å². The molecule has 6 heteroatoms. The van der Waals surface area contributed by atoms with E-state index in [1.807, 2.05) is 18.2 Å². The van der Waals surface area contributed by atoms with E-state index in [0.717, 1.165) is 24.9 Å². The molecule has 1 saturated heterocycles. The number of fused-ring (bicyclic) bond motifs is 1. The predicted molar refractivity (Wildman–Crippen MR) is 89.3 cm³/mol. The Morgan fingerprint density at radius 2 is 2.22 bits per heavy atom. The van der Waals surface area contributed by atoms with Crippen LogP contribution >= 0.6 is 0 Å². The number of hydrogen-bond acceptors (Lipinski definition) is 4. The number of carbonyl (C=O) groups excluding carboxylic acids is 1. The van der Waals surface area contributed by atoms with Gasteiger partial charge in [0.1, 0.15) is 6.54 Å². The fourth-order valence-electron chi connectivity index (χ4n) is 3.21. The average Bonchev–Trinajstić information content (AvgIpc) is 3.03. The van der Waals surface area contributed by atoms with Gasteiger partial charge in [0.05, 0.1) is 11.6 Å². The first kappa shape index (κ1) is 15.7. The van der Waals surface area contributed by atoms with Crippen molar-refractivity contribution in [3.8, 4) is 0 Å². The molecule has 0 bridgehead atoms. The first-order valence-corrected chi connectivity index (χ1v) is 8.14. The molecule has 2 heterocycles. The Bertz CT molecular complexity index is 756. The fraction of sp³-hybridized carbons (Fsp3) is 0.471. The number of carbonyl (C=O) groups is 1.